The van der Waals surface area contributed by atoms with Gasteiger partial charge in [-0.3, -0.25) is 9.59 Å². The molecule has 2 saturated carbocycles. The number of nitrogens with one attached hydrogen (secondary N) is 1. The van der Waals surface area contributed by atoms with Gasteiger partial charge in [0.25, 0.3) is 0 Å². The van der Waals surface area contributed by atoms with E-state index in [4.69, 9.17) is 0 Å². The molecule has 0 unspecified atom stereocenters. The summed E-state index contributed by atoms with van der Waals surface area (Å²) in [5, 5.41) is 3.01. The zero-order chi connectivity index (χ0) is 13.5. The van der Waals surface area contributed by atoms with E-state index in [0.717, 1.165) is 38.6 Å². The Morgan fingerprint density at radius 3 is 2.37 bits per heavy atom. The van der Waals surface area contributed by atoms with E-state index in [1.165, 1.54) is 19.3 Å². The van der Waals surface area contributed by atoms with Crippen molar-refractivity contribution in [1.29, 1.82) is 0 Å². The summed E-state index contributed by atoms with van der Waals surface area (Å²) in [4.78, 5) is 26.6. The number of piperazine rings is 1. The Labute approximate surface area is 114 Å². The minimum absolute atomic E-state index is 0.0356. The van der Waals surface area contributed by atoms with Gasteiger partial charge >= 0.3 is 0 Å². The van der Waals surface area contributed by atoms with Crippen molar-refractivity contribution in [2.24, 2.45) is 5.41 Å². The maximum atomic E-state index is 12.8. The second-order valence-corrected chi connectivity index (χ2v) is 6.71. The van der Waals surface area contributed by atoms with Gasteiger partial charge in [-0.1, -0.05) is 26.2 Å². The van der Waals surface area contributed by atoms with E-state index in [2.05, 4.69) is 12.2 Å². The molecule has 3 fully saturated rings. The number of hydrogen-bond donors (Lipinski definition) is 1. The molecule has 4 nitrogen and oxygen atoms in total. The minimum Gasteiger partial charge on any atom is -0.340 e. The molecule has 1 aliphatic heterocycles. The highest BCUT2D eigenvalue weighted by Crippen LogP contribution is 2.49. The highest BCUT2D eigenvalue weighted by molar-refractivity contribution is 5.98. The van der Waals surface area contributed by atoms with E-state index < -0.39 is 5.54 Å². The van der Waals surface area contributed by atoms with E-state index in [1.807, 2.05) is 4.90 Å². The molecule has 0 aromatic rings. The second-order valence-electron chi connectivity index (χ2n) is 6.71. The Balaban J connectivity index is 1.77. The first-order valence-electron chi connectivity index (χ1n) is 7.70. The third kappa shape index (κ3) is 2.26. The lowest BCUT2D eigenvalue weighted by molar-refractivity contribution is -0.152. The molecule has 19 heavy (non-hydrogen) atoms. The molecule has 0 radical (unpaired) electrons. The van der Waals surface area contributed by atoms with Gasteiger partial charge in [0.2, 0.25) is 11.8 Å². The van der Waals surface area contributed by atoms with Crippen LogP contribution in [0, 0.1) is 5.41 Å². The van der Waals surface area contributed by atoms with Crippen LogP contribution in [0.2, 0.25) is 0 Å². The molecule has 4 heteroatoms. The van der Waals surface area contributed by atoms with Gasteiger partial charge in [-0.2, -0.15) is 0 Å². The average molecular weight is 264 g/mol. The number of carbonyl (C=O) groups is 2. The Bertz CT molecular complexity index is 395. The number of rotatable bonds is 3. The molecule has 0 aromatic heterocycles. The summed E-state index contributed by atoms with van der Waals surface area (Å²) in [6.07, 6.45) is 8.48. The molecule has 3 rings (SSSR count). The van der Waals surface area contributed by atoms with Gasteiger partial charge in [-0.05, 0) is 37.5 Å². The fourth-order valence-electron chi connectivity index (χ4n) is 3.73. The van der Waals surface area contributed by atoms with Crippen molar-refractivity contribution in [3.8, 4) is 0 Å². The molecule has 2 aliphatic carbocycles. The van der Waals surface area contributed by atoms with Gasteiger partial charge in [0.15, 0.2) is 0 Å². The van der Waals surface area contributed by atoms with Crippen LogP contribution in [-0.2, 0) is 9.59 Å². The quantitative estimate of drug-likeness (QED) is 0.845. The predicted octanol–water partition coefficient (Wildman–Crippen LogP) is 1.84. The minimum atomic E-state index is -0.558. The first-order valence-corrected chi connectivity index (χ1v) is 7.70. The van der Waals surface area contributed by atoms with Crippen LogP contribution in [0.5, 0.6) is 0 Å². The number of amides is 2. The molecule has 1 saturated heterocycles. The van der Waals surface area contributed by atoms with E-state index in [1.54, 1.807) is 0 Å². The van der Waals surface area contributed by atoms with Gasteiger partial charge in [0.1, 0.15) is 5.54 Å². The van der Waals surface area contributed by atoms with Crippen molar-refractivity contribution >= 4 is 11.8 Å². The second kappa shape index (κ2) is 4.50. The molecule has 106 valence electrons. The van der Waals surface area contributed by atoms with Gasteiger partial charge in [0.05, 0.1) is 6.54 Å². The molecule has 1 spiro atoms. The molecular weight excluding hydrogens is 240 g/mol. The summed E-state index contributed by atoms with van der Waals surface area (Å²) in [7, 11) is 0. The molecule has 0 aromatic carbocycles. The highest BCUT2D eigenvalue weighted by Gasteiger charge is 2.50. The molecule has 1 heterocycles. The van der Waals surface area contributed by atoms with Gasteiger partial charge in [-0.25, -0.2) is 0 Å². The van der Waals surface area contributed by atoms with Crippen LogP contribution < -0.4 is 5.32 Å². The van der Waals surface area contributed by atoms with Crippen LogP contribution in [0.15, 0.2) is 0 Å². The third-order valence-electron chi connectivity index (χ3n) is 5.35. The summed E-state index contributed by atoms with van der Waals surface area (Å²) in [6.45, 7) is 3.25. The van der Waals surface area contributed by atoms with Crippen LogP contribution in [0.1, 0.15) is 58.3 Å². The van der Waals surface area contributed by atoms with Gasteiger partial charge < -0.3 is 10.2 Å². The Hall–Kier alpha value is -1.06. The Morgan fingerprint density at radius 2 is 1.79 bits per heavy atom. The van der Waals surface area contributed by atoms with Crippen LogP contribution in [0.3, 0.4) is 0 Å². The predicted molar refractivity (Wildman–Crippen MR) is 72.5 cm³/mol. The summed E-state index contributed by atoms with van der Waals surface area (Å²) in [5.74, 6) is 0.222. The number of nitrogens with zero attached hydrogens (tertiary/aromatic N) is 1. The first-order chi connectivity index (χ1) is 9.09. The normalized spacial score (nSPS) is 28.4. The first kappa shape index (κ1) is 12.9. The van der Waals surface area contributed by atoms with Crippen molar-refractivity contribution in [1.82, 2.24) is 10.2 Å². The fourth-order valence-corrected chi connectivity index (χ4v) is 3.73. The van der Waals surface area contributed by atoms with E-state index in [-0.39, 0.29) is 18.4 Å². The van der Waals surface area contributed by atoms with Crippen molar-refractivity contribution in [2.75, 3.05) is 13.1 Å². The molecule has 1 N–H and O–H groups in total. The molecule has 2 amide bonds. The van der Waals surface area contributed by atoms with Crippen molar-refractivity contribution in [2.45, 2.75) is 63.8 Å². The van der Waals surface area contributed by atoms with Crippen LogP contribution in [0.25, 0.3) is 0 Å². The summed E-state index contributed by atoms with van der Waals surface area (Å²) < 4.78 is 0. The van der Waals surface area contributed by atoms with E-state index in [9.17, 15) is 9.59 Å². The van der Waals surface area contributed by atoms with Gasteiger partial charge in [0, 0.05) is 6.54 Å². The van der Waals surface area contributed by atoms with E-state index >= 15 is 0 Å². The summed E-state index contributed by atoms with van der Waals surface area (Å²) in [6, 6.07) is 0. The maximum absolute atomic E-state index is 12.8. The zero-order valence-electron chi connectivity index (χ0n) is 11.8. The van der Waals surface area contributed by atoms with E-state index in [0.29, 0.717) is 5.41 Å². The largest absolute Gasteiger partial charge is 0.340 e. The lowest BCUT2D eigenvalue weighted by Gasteiger charge is -2.45. The van der Waals surface area contributed by atoms with Gasteiger partial charge in [-0.15, -0.1) is 0 Å². The summed E-state index contributed by atoms with van der Waals surface area (Å²) in [5.41, 5.74) is -0.236. The number of carbonyl (C=O) groups excluding carboxylic acids is 2. The Kier molecular flexibility index (Phi) is 3.06. The molecule has 0 atom stereocenters. The van der Waals surface area contributed by atoms with Crippen LogP contribution in [-0.4, -0.2) is 35.3 Å². The lowest BCUT2D eigenvalue weighted by Crippen LogP contribution is -2.67. The van der Waals surface area contributed by atoms with Crippen LogP contribution >= 0.6 is 0 Å². The van der Waals surface area contributed by atoms with Crippen LogP contribution in [0.4, 0.5) is 0 Å². The Morgan fingerprint density at radius 1 is 1.11 bits per heavy atom. The fraction of sp³-hybridized carbons (Fsp3) is 0.867. The third-order valence-corrected chi connectivity index (χ3v) is 5.35. The van der Waals surface area contributed by atoms with Crippen molar-refractivity contribution in [3.05, 3.63) is 0 Å². The lowest BCUT2D eigenvalue weighted by atomic mass is 9.79. The monoisotopic (exact) mass is 264 g/mol. The standard InChI is InChI=1S/C15H24N2O2/c1-2-14(8-9-14)11-17-10-12(18)16-15(13(17)19)6-4-3-5-7-15/h2-11H2,1H3,(H,16,18). The van der Waals surface area contributed by atoms with Crippen molar-refractivity contribution in [3.63, 3.8) is 0 Å². The topological polar surface area (TPSA) is 49.4 Å². The smallest absolute Gasteiger partial charge is 0.248 e. The zero-order valence-corrected chi connectivity index (χ0v) is 11.8. The maximum Gasteiger partial charge on any atom is 0.248 e. The summed E-state index contributed by atoms with van der Waals surface area (Å²) >= 11 is 0. The molecular formula is C15H24N2O2. The highest BCUT2D eigenvalue weighted by atomic mass is 16.2. The molecule has 3 aliphatic rings. The number of hydrogen-bond acceptors (Lipinski definition) is 2. The SMILES string of the molecule is CCC1(CN2CC(=O)NC3(CCCCC3)C2=O)CC1. The van der Waals surface area contributed by atoms with Crippen molar-refractivity contribution < 1.29 is 9.59 Å². The average Bonchev–Trinajstić information content (AvgIpc) is 3.17. The molecule has 0 bridgehead atoms.